The summed E-state index contributed by atoms with van der Waals surface area (Å²) < 4.78 is 31.1. The number of aromatic hydroxyl groups is 1. The first-order valence-corrected chi connectivity index (χ1v) is 23.7. The highest BCUT2D eigenvalue weighted by atomic mass is 127. The van der Waals surface area contributed by atoms with E-state index < -0.39 is 52.2 Å². The second-order valence-corrected chi connectivity index (χ2v) is 20.1. The molecule has 3 aromatic carbocycles. The van der Waals surface area contributed by atoms with Crippen LogP contribution in [0.4, 0.5) is 11.4 Å². The number of hydrogen-bond donors (Lipinski definition) is 3. The second kappa shape index (κ2) is 19.2. The van der Waals surface area contributed by atoms with E-state index in [9.17, 15) is 29.4 Å². The highest BCUT2D eigenvalue weighted by Gasteiger charge is 2.44. The molecule has 354 valence electrons. The molecule has 3 aliphatic heterocycles. The third-order valence-electron chi connectivity index (χ3n) is 13.6. The van der Waals surface area contributed by atoms with Crippen molar-refractivity contribution in [2.75, 3.05) is 44.5 Å². The number of rotatable bonds is 4. The number of nitrogens with one attached hydrogen (secondary N) is 1. The zero-order valence-corrected chi connectivity index (χ0v) is 41.6. The number of aliphatic hydroxyl groups is 1. The van der Waals surface area contributed by atoms with Crippen molar-refractivity contribution in [3.63, 3.8) is 0 Å². The van der Waals surface area contributed by atoms with Gasteiger partial charge >= 0.3 is 11.8 Å². The van der Waals surface area contributed by atoms with Gasteiger partial charge in [-0.05, 0) is 65.1 Å². The van der Waals surface area contributed by atoms with Gasteiger partial charge in [0, 0.05) is 90.2 Å². The Bertz CT molecular complexity index is 2850. The summed E-state index contributed by atoms with van der Waals surface area (Å²) in [6.07, 6.45) is 9.87. The van der Waals surface area contributed by atoms with E-state index in [1.807, 2.05) is 13.0 Å². The zero-order valence-electron chi connectivity index (χ0n) is 39.5. The topological polar surface area (TPSA) is 190 Å². The summed E-state index contributed by atoms with van der Waals surface area (Å²) >= 11 is 2.43. The van der Waals surface area contributed by atoms with Gasteiger partial charge in [-0.25, -0.2) is 4.98 Å². The molecule has 1 saturated heterocycles. The molecule has 0 spiro atoms. The monoisotopic (exact) mass is 1020 g/mol. The summed E-state index contributed by atoms with van der Waals surface area (Å²) in [4.78, 5) is 64.6. The number of allylic oxidation sites excluding steroid dienone is 3. The van der Waals surface area contributed by atoms with E-state index in [0.717, 1.165) is 19.3 Å². The van der Waals surface area contributed by atoms with Crippen LogP contribution in [-0.4, -0.2) is 94.2 Å². The number of carbonyl (C=O) groups is 2. The zero-order chi connectivity index (χ0) is 48.1. The number of hydrogen-bond acceptors (Lipinski definition) is 14. The lowest BCUT2D eigenvalue weighted by Gasteiger charge is -2.36. The first-order chi connectivity index (χ1) is 31.2. The molecule has 4 aromatic rings. The van der Waals surface area contributed by atoms with Crippen molar-refractivity contribution in [2.24, 2.45) is 23.7 Å². The molecule has 0 radical (unpaired) electrons. The molecule has 0 saturated carbocycles. The smallest absolute Gasteiger partial charge is 0.307 e. The minimum absolute atomic E-state index is 0.000432. The Hall–Kier alpha value is -5.20. The van der Waals surface area contributed by atoms with Gasteiger partial charge < -0.3 is 48.7 Å². The molecule has 66 heavy (non-hydrogen) atoms. The van der Waals surface area contributed by atoms with Crippen LogP contribution in [0.2, 0.25) is 0 Å². The molecule has 4 bridgehead atoms. The maximum atomic E-state index is 14.9. The van der Waals surface area contributed by atoms with Crippen LogP contribution >= 0.6 is 22.6 Å². The minimum atomic E-state index is -1.91. The Morgan fingerprint density at radius 1 is 1.02 bits per heavy atom. The first-order valence-electron chi connectivity index (χ1n) is 22.5. The molecule has 8 atom stereocenters. The van der Waals surface area contributed by atoms with E-state index in [1.54, 1.807) is 38.3 Å². The van der Waals surface area contributed by atoms with Crippen LogP contribution < -0.4 is 31.0 Å². The Labute approximate surface area is 397 Å². The number of nitrogens with zero attached hydrogens (tertiary/aromatic N) is 3. The Balaban J connectivity index is 1.46. The number of fused-ring (bicyclic) bond motifs is 2. The van der Waals surface area contributed by atoms with Crippen molar-refractivity contribution in [2.45, 2.75) is 103 Å². The molecular weight excluding hydrogens is 959 g/mol. The van der Waals surface area contributed by atoms with Crippen molar-refractivity contribution in [1.29, 1.82) is 0 Å². The van der Waals surface area contributed by atoms with Gasteiger partial charge in [-0.2, -0.15) is 0 Å². The molecule has 1 amide bonds. The summed E-state index contributed by atoms with van der Waals surface area (Å²) in [5, 5.41) is 26.5. The molecule has 0 unspecified atom stereocenters. The fourth-order valence-corrected chi connectivity index (χ4v) is 10.4. The maximum absolute atomic E-state index is 14.9. The molecular formula is C50H61IN4O11. The third-order valence-corrected chi connectivity index (χ3v) is 16.0. The number of amides is 1. The molecule has 3 aliphatic rings. The summed E-state index contributed by atoms with van der Waals surface area (Å²) in [6.45, 7) is 15.7. The molecule has 0 aliphatic carbocycles. The van der Waals surface area contributed by atoms with E-state index in [0.29, 0.717) is 24.8 Å². The standard InChI is InChI=1S/C50H61IN4O11/c1-24-13-12-14-25(2)49(61)53-42-44(59)37-36(41-47(42)65-35-23-32(22-33(57)40(35)52-41)55-18-15-31(16-19-55)54(9)10)38-46(29(6)43(37)58)66-50(8,48(38)60)63-20-17-34(62-11)27(4)45(64-30(7)56)28(5)39(51)26(3)21-24/h12-14,17,20,22-24,26-28,31,34,39,45,58,60H,15-16,18-19,21H2,1-11H3,(H,53,61)/b13-12+,20-17+,25-14-/t24-,26+,27+,28+,34-,39+,45+,50-/m0/s1. The fourth-order valence-electron chi connectivity index (χ4n) is 9.74. The number of halogens is 1. The summed E-state index contributed by atoms with van der Waals surface area (Å²) in [5.41, 5.74) is -0.800. The predicted molar refractivity (Wildman–Crippen MR) is 264 cm³/mol. The number of benzene rings is 3. The molecule has 3 N–H and O–H groups in total. The van der Waals surface area contributed by atoms with E-state index in [1.165, 1.54) is 33.1 Å². The fraction of sp³-hybridized carbons (Fsp3) is 0.500. The van der Waals surface area contributed by atoms with Crippen molar-refractivity contribution in [3.05, 3.63) is 79.5 Å². The lowest BCUT2D eigenvalue weighted by molar-refractivity contribution is -0.154. The SMILES string of the molecule is CO[C@H]1/C=C/O[C@@]2(C)Oc3c(C)c(O)c4c(=O)c(c5oc6cc(N7CCC(N(C)C)CC7)cc(=O)c6nc5c4c3=C2O)NC(=O)/C(C)=C\C=C\[C@H](C)C[C@@H](C)[C@@H](I)[C@@H](C)[C@H](OC(C)=O)[C@@H]1C. The van der Waals surface area contributed by atoms with Crippen LogP contribution in [-0.2, 0) is 23.8 Å². The van der Waals surface area contributed by atoms with E-state index in [2.05, 4.69) is 72.6 Å². The number of aromatic nitrogens is 1. The van der Waals surface area contributed by atoms with Gasteiger partial charge in [-0.15, -0.1) is 0 Å². The van der Waals surface area contributed by atoms with Crippen LogP contribution in [0, 0.1) is 30.6 Å². The number of carbonyl (C=O) groups excluding carboxylic acids is 2. The van der Waals surface area contributed by atoms with Crippen molar-refractivity contribution >= 4 is 84.6 Å². The number of alkyl halides is 1. The van der Waals surface area contributed by atoms with Gasteiger partial charge in [0.15, 0.2) is 22.4 Å². The van der Waals surface area contributed by atoms with E-state index in [-0.39, 0.29) is 88.4 Å². The second-order valence-electron chi connectivity index (χ2n) is 18.7. The quantitative estimate of drug-likeness (QED) is 0.0597. The average Bonchev–Trinajstić information content (AvgIpc) is 3.54. The number of phenolic OH excluding ortho intramolecular Hbond substituents is 1. The Kier molecular flexibility index (Phi) is 14.2. The van der Waals surface area contributed by atoms with Crippen molar-refractivity contribution in [1.82, 2.24) is 9.88 Å². The first kappa shape index (κ1) is 48.7. The van der Waals surface area contributed by atoms with Gasteiger partial charge in [0.1, 0.15) is 28.8 Å². The number of methoxy groups -OCH3 is 1. The van der Waals surface area contributed by atoms with Gasteiger partial charge in [0.05, 0.1) is 23.0 Å². The average molecular weight is 1020 g/mol. The molecule has 1 fully saturated rings. The Morgan fingerprint density at radius 3 is 2.36 bits per heavy atom. The largest absolute Gasteiger partial charge is 0.507 e. The van der Waals surface area contributed by atoms with Crippen LogP contribution in [0.5, 0.6) is 11.5 Å². The summed E-state index contributed by atoms with van der Waals surface area (Å²) in [7, 11) is 5.65. The lowest BCUT2D eigenvalue weighted by Crippen LogP contribution is -2.42. The lowest BCUT2D eigenvalue weighted by atomic mass is 9.81. The van der Waals surface area contributed by atoms with Gasteiger partial charge in [-0.3, -0.25) is 19.2 Å². The number of phenols is 1. The number of esters is 1. The van der Waals surface area contributed by atoms with Crippen LogP contribution in [0.1, 0.15) is 73.3 Å². The normalized spacial score (nSPS) is 28.9. The van der Waals surface area contributed by atoms with Crippen LogP contribution in [0.3, 0.4) is 0 Å². The Morgan fingerprint density at radius 2 is 1.71 bits per heavy atom. The number of ether oxygens (including phenoxy) is 4. The predicted octanol–water partition coefficient (Wildman–Crippen LogP) is 7.56. The van der Waals surface area contributed by atoms with Gasteiger partial charge in [0.2, 0.25) is 10.9 Å². The van der Waals surface area contributed by atoms with E-state index in [4.69, 9.17) is 28.3 Å². The third kappa shape index (κ3) is 9.12. The highest BCUT2D eigenvalue weighted by Crippen LogP contribution is 2.42. The maximum Gasteiger partial charge on any atom is 0.307 e. The number of piperidine rings is 1. The molecule has 1 aromatic heterocycles. The molecule has 4 heterocycles. The number of anilines is 2. The van der Waals surface area contributed by atoms with Crippen molar-refractivity contribution < 1.29 is 43.2 Å². The van der Waals surface area contributed by atoms with Gasteiger partial charge in [0.25, 0.3) is 5.91 Å². The minimum Gasteiger partial charge on any atom is -0.507 e. The highest BCUT2D eigenvalue weighted by molar-refractivity contribution is 14.1. The summed E-state index contributed by atoms with van der Waals surface area (Å²) in [5.74, 6) is -4.04. The number of aliphatic hydroxyl groups excluding tert-OH is 1. The van der Waals surface area contributed by atoms with Gasteiger partial charge in [-0.1, -0.05) is 68.5 Å². The molecule has 7 rings (SSSR count). The summed E-state index contributed by atoms with van der Waals surface area (Å²) in [6, 6.07) is 3.62. The van der Waals surface area contributed by atoms with Crippen LogP contribution in [0.15, 0.2) is 62.3 Å². The van der Waals surface area contributed by atoms with Crippen LogP contribution in [0.25, 0.3) is 38.7 Å². The molecule has 15 nitrogen and oxygen atoms in total. The molecule has 16 heteroatoms. The van der Waals surface area contributed by atoms with Crippen molar-refractivity contribution in [3.8, 4) is 11.5 Å². The van der Waals surface area contributed by atoms with E-state index >= 15 is 0 Å².